The topological polar surface area (TPSA) is 80.3 Å². The summed E-state index contributed by atoms with van der Waals surface area (Å²) in [7, 11) is 1.34. The number of rotatable bonds is 6. The molecule has 28 heavy (non-hydrogen) atoms. The van der Waals surface area contributed by atoms with Gasteiger partial charge in [-0.05, 0) is 36.8 Å². The van der Waals surface area contributed by atoms with Gasteiger partial charge >= 0.3 is 5.97 Å². The Kier molecular flexibility index (Phi) is 6.01. The second kappa shape index (κ2) is 8.81. The molecule has 1 aromatic heterocycles. The molecule has 0 spiro atoms. The van der Waals surface area contributed by atoms with Crippen LogP contribution in [0.15, 0.2) is 66.9 Å². The Bertz CT molecular complexity index is 967. The molecule has 2 N–H and O–H groups in total. The van der Waals surface area contributed by atoms with Crippen molar-refractivity contribution in [2.45, 2.75) is 13.3 Å². The minimum atomic E-state index is -0.420. The van der Waals surface area contributed by atoms with Crippen LogP contribution < -0.4 is 10.6 Å². The molecule has 142 valence electrons. The molecular formula is C22H21N3O3. The first-order valence-electron chi connectivity index (χ1n) is 8.81. The van der Waals surface area contributed by atoms with Gasteiger partial charge in [-0.25, -0.2) is 9.78 Å². The van der Waals surface area contributed by atoms with E-state index in [0.717, 1.165) is 11.1 Å². The van der Waals surface area contributed by atoms with Crippen molar-refractivity contribution in [3.8, 4) is 0 Å². The van der Waals surface area contributed by atoms with Crippen LogP contribution in [-0.2, 0) is 16.0 Å². The fourth-order valence-electron chi connectivity index (χ4n) is 2.66. The lowest BCUT2D eigenvalue weighted by molar-refractivity contribution is -0.115. The van der Waals surface area contributed by atoms with Crippen LogP contribution in [-0.4, -0.2) is 24.0 Å². The van der Waals surface area contributed by atoms with Crippen molar-refractivity contribution < 1.29 is 14.3 Å². The predicted molar refractivity (Wildman–Crippen MR) is 109 cm³/mol. The normalized spacial score (nSPS) is 10.2. The molecule has 0 aliphatic heterocycles. The number of aryl methyl sites for hydroxylation is 1. The van der Waals surface area contributed by atoms with Crippen LogP contribution in [0.25, 0.3) is 0 Å². The zero-order valence-electron chi connectivity index (χ0n) is 15.7. The number of nitrogens with one attached hydrogen (secondary N) is 2. The first kappa shape index (κ1) is 19.1. The second-order valence-corrected chi connectivity index (χ2v) is 6.30. The molecule has 3 rings (SSSR count). The van der Waals surface area contributed by atoms with Crippen LogP contribution in [0.3, 0.4) is 0 Å². The molecule has 0 fully saturated rings. The van der Waals surface area contributed by atoms with Crippen molar-refractivity contribution in [2.75, 3.05) is 17.7 Å². The molecule has 0 unspecified atom stereocenters. The Morgan fingerprint density at radius 1 is 1.00 bits per heavy atom. The molecule has 0 aliphatic rings. The third-order valence-electron chi connectivity index (χ3n) is 4.13. The van der Waals surface area contributed by atoms with E-state index in [0.29, 0.717) is 22.8 Å². The molecule has 0 aliphatic carbocycles. The zero-order valence-corrected chi connectivity index (χ0v) is 15.7. The number of para-hydroxylation sites is 1. The van der Waals surface area contributed by atoms with E-state index in [2.05, 4.69) is 15.6 Å². The third kappa shape index (κ3) is 4.94. The number of hydrogen-bond donors (Lipinski definition) is 2. The van der Waals surface area contributed by atoms with Crippen molar-refractivity contribution in [3.05, 3.63) is 83.6 Å². The standard InChI is InChI=1S/C22H21N3O3/c1-15-7-9-16(10-8-15)13-21(26)25-20-12-11-17(14-23-20)24-19-6-4-3-5-18(19)22(27)28-2/h3-12,14,24H,13H2,1-2H3,(H,23,25,26). The highest BCUT2D eigenvalue weighted by Crippen LogP contribution is 2.21. The van der Waals surface area contributed by atoms with Crippen LogP contribution in [0.2, 0.25) is 0 Å². The van der Waals surface area contributed by atoms with Crippen molar-refractivity contribution >= 4 is 29.1 Å². The Morgan fingerprint density at radius 3 is 2.43 bits per heavy atom. The average molecular weight is 375 g/mol. The Labute approximate surface area is 163 Å². The van der Waals surface area contributed by atoms with Gasteiger partial charge in [-0.2, -0.15) is 0 Å². The lowest BCUT2D eigenvalue weighted by atomic mass is 10.1. The smallest absolute Gasteiger partial charge is 0.339 e. The maximum absolute atomic E-state index is 12.2. The molecule has 6 nitrogen and oxygen atoms in total. The summed E-state index contributed by atoms with van der Waals surface area (Å²) in [6, 6.07) is 18.4. The predicted octanol–water partition coefficient (Wildman–Crippen LogP) is 4.10. The highest BCUT2D eigenvalue weighted by atomic mass is 16.5. The number of carbonyl (C=O) groups is 2. The van der Waals surface area contributed by atoms with Gasteiger partial charge in [0.2, 0.25) is 5.91 Å². The molecule has 0 saturated heterocycles. The minimum absolute atomic E-state index is 0.131. The fourth-order valence-corrected chi connectivity index (χ4v) is 2.66. The van der Waals surface area contributed by atoms with Crippen molar-refractivity contribution in [1.29, 1.82) is 0 Å². The van der Waals surface area contributed by atoms with Gasteiger partial charge in [-0.15, -0.1) is 0 Å². The number of carbonyl (C=O) groups excluding carboxylic acids is 2. The van der Waals surface area contributed by atoms with Crippen molar-refractivity contribution in [1.82, 2.24) is 4.98 Å². The number of benzene rings is 2. The van der Waals surface area contributed by atoms with E-state index in [1.807, 2.05) is 37.3 Å². The summed E-state index contributed by atoms with van der Waals surface area (Å²) in [5, 5.41) is 5.92. The van der Waals surface area contributed by atoms with Gasteiger partial charge in [0.15, 0.2) is 0 Å². The van der Waals surface area contributed by atoms with Gasteiger partial charge in [0.1, 0.15) is 5.82 Å². The molecule has 2 aromatic carbocycles. The van der Waals surface area contributed by atoms with Gasteiger partial charge in [0.05, 0.1) is 36.7 Å². The minimum Gasteiger partial charge on any atom is -0.465 e. The number of amides is 1. The third-order valence-corrected chi connectivity index (χ3v) is 4.13. The number of pyridine rings is 1. The molecular weight excluding hydrogens is 354 g/mol. The van der Waals surface area contributed by atoms with E-state index in [1.165, 1.54) is 7.11 Å². The summed E-state index contributed by atoms with van der Waals surface area (Å²) in [6.07, 6.45) is 1.88. The Morgan fingerprint density at radius 2 is 1.75 bits per heavy atom. The molecule has 1 heterocycles. The quantitative estimate of drug-likeness (QED) is 0.634. The van der Waals surface area contributed by atoms with Gasteiger partial charge in [-0.1, -0.05) is 42.0 Å². The first-order valence-corrected chi connectivity index (χ1v) is 8.81. The van der Waals surface area contributed by atoms with E-state index in [1.54, 1.807) is 36.5 Å². The number of esters is 1. The number of anilines is 3. The highest BCUT2D eigenvalue weighted by molar-refractivity contribution is 5.96. The van der Waals surface area contributed by atoms with Gasteiger partial charge in [0.25, 0.3) is 0 Å². The van der Waals surface area contributed by atoms with E-state index < -0.39 is 5.97 Å². The monoisotopic (exact) mass is 375 g/mol. The lowest BCUT2D eigenvalue weighted by Crippen LogP contribution is -2.15. The van der Waals surface area contributed by atoms with E-state index in [-0.39, 0.29) is 12.3 Å². The van der Waals surface area contributed by atoms with Crippen LogP contribution in [0, 0.1) is 6.92 Å². The SMILES string of the molecule is COC(=O)c1ccccc1Nc1ccc(NC(=O)Cc2ccc(C)cc2)nc1. The number of nitrogens with zero attached hydrogens (tertiary/aromatic N) is 1. The first-order chi connectivity index (χ1) is 13.5. The summed E-state index contributed by atoms with van der Waals surface area (Å²) < 4.78 is 4.79. The lowest BCUT2D eigenvalue weighted by Gasteiger charge is -2.11. The summed E-state index contributed by atoms with van der Waals surface area (Å²) in [6.45, 7) is 2.01. The number of hydrogen-bond acceptors (Lipinski definition) is 5. The zero-order chi connectivity index (χ0) is 19.9. The molecule has 0 atom stereocenters. The van der Waals surface area contributed by atoms with Gasteiger partial charge < -0.3 is 15.4 Å². The maximum Gasteiger partial charge on any atom is 0.339 e. The van der Waals surface area contributed by atoms with Crippen LogP contribution >= 0.6 is 0 Å². The molecule has 3 aromatic rings. The van der Waals surface area contributed by atoms with E-state index in [4.69, 9.17) is 4.74 Å². The summed E-state index contributed by atoms with van der Waals surface area (Å²) in [4.78, 5) is 28.3. The number of aromatic nitrogens is 1. The van der Waals surface area contributed by atoms with Gasteiger partial charge in [0, 0.05) is 0 Å². The van der Waals surface area contributed by atoms with E-state index >= 15 is 0 Å². The maximum atomic E-state index is 12.2. The number of methoxy groups -OCH3 is 1. The average Bonchev–Trinajstić information content (AvgIpc) is 2.71. The largest absolute Gasteiger partial charge is 0.465 e. The molecule has 0 radical (unpaired) electrons. The molecule has 6 heteroatoms. The Balaban J connectivity index is 1.63. The molecule has 1 amide bonds. The van der Waals surface area contributed by atoms with Gasteiger partial charge in [-0.3, -0.25) is 4.79 Å². The number of ether oxygens (including phenoxy) is 1. The van der Waals surface area contributed by atoms with Crippen LogP contribution in [0.1, 0.15) is 21.5 Å². The molecule has 0 saturated carbocycles. The molecule has 0 bridgehead atoms. The fraction of sp³-hybridized carbons (Fsp3) is 0.136. The second-order valence-electron chi connectivity index (χ2n) is 6.30. The van der Waals surface area contributed by atoms with E-state index in [9.17, 15) is 9.59 Å². The van der Waals surface area contributed by atoms with Crippen molar-refractivity contribution in [3.63, 3.8) is 0 Å². The highest BCUT2D eigenvalue weighted by Gasteiger charge is 2.11. The van der Waals surface area contributed by atoms with Crippen LogP contribution in [0.5, 0.6) is 0 Å². The Hall–Kier alpha value is -3.67. The summed E-state index contributed by atoms with van der Waals surface area (Å²) in [5.41, 5.74) is 3.84. The van der Waals surface area contributed by atoms with Crippen molar-refractivity contribution in [2.24, 2.45) is 0 Å². The van der Waals surface area contributed by atoms with Crippen LogP contribution in [0.4, 0.5) is 17.2 Å². The summed E-state index contributed by atoms with van der Waals surface area (Å²) in [5.74, 6) is -0.0898. The summed E-state index contributed by atoms with van der Waals surface area (Å²) >= 11 is 0.